The maximum atomic E-state index is 13.0. The summed E-state index contributed by atoms with van der Waals surface area (Å²) in [6.07, 6.45) is 29.3. The van der Waals surface area contributed by atoms with Crippen LogP contribution in [0, 0.1) is 0 Å². The molecule has 0 aliphatic heterocycles. The van der Waals surface area contributed by atoms with Gasteiger partial charge in [-0.15, -0.1) is 0 Å². The van der Waals surface area contributed by atoms with E-state index in [1.54, 1.807) is 6.08 Å². The zero-order valence-corrected chi connectivity index (χ0v) is 38.5. The molecule has 0 bridgehead atoms. The molecular weight excluding hydrogens is 801 g/mol. The van der Waals surface area contributed by atoms with E-state index in [1.165, 1.54) is 96.0 Å². The molecule has 1 rings (SSSR count). The second-order valence-electron chi connectivity index (χ2n) is 16.8. The standard InChI is InChI=1S/C47H86NO12P/c1-3-5-7-9-11-13-15-16-17-18-19-20-21-22-23-24-25-27-29-31-33-35-40(50)39(37-59-61(57,58)60-47-45(55)43(53)42(52)44(54)46(47)56)48-41(51)36-38(49)34-32-30-28-26-14-12-10-8-6-4-2/h12,14,21-22,25,27,33,35,38-40,42-47,49-50,52-56H,3-11,13,15-20,23-24,26,28-32,34,36-37H2,1-2H3,(H,48,51)(H,57,58)/b14-12-,22-21+,27-25+,35-33+. The Kier molecular flexibility index (Phi) is 34.3. The summed E-state index contributed by atoms with van der Waals surface area (Å²) in [5, 5.41) is 74.3. The molecule has 0 aromatic rings. The molecule has 1 saturated carbocycles. The van der Waals surface area contributed by atoms with E-state index in [9.17, 15) is 50.0 Å². The fourth-order valence-corrected chi connectivity index (χ4v) is 8.17. The molecule has 61 heavy (non-hydrogen) atoms. The van der Waals surface area contributed by atoms with Crippen LogP contribution in [0.5, 0.6) is 0 Å². The van der Waals surface area contributed by atoms with Crippen LogP contribution < -0.4 is 5.32 Å². The molecule has 0 heterocycles. The summed E-state index contributed by atoms with van der Waals surface area (Å²) in [6.45, 7) is 3.67. The fourth-order valence-electron chi connectivity index (χ4n) is 7.21. The molecule has 356 valence electrons. The fraction of sp³-hybridized carbons (Fsp3) is 0.809. The monoisotopic (exact) mass is 888 g/mol. The predicted octanol–water partition coefficient (Wildman–Crippen LogP) is 7.92. The molecule has 8 atom stereocenters. The van der Waals surface area contributed by atoms with Crippen LogP contribution in [-0.2, 0) is 18.4 Å². The average Bonchev–Trinajstić information content (AvgIpc) is 3.23. The summed E-state index contributed by atoms with van der Waals surface area (Å²) in [5.74, 6) is -0.619. The van der Waals surface area contributed by atoms with E-state index in [0.29, 0.717) is 19.3 Å². The number of carbonyl (C=O) groups excluding carboxylic acids is 1. The van der Waals surface area contributed by atoms with Gasteiger partial charge in [0.1, 0.15) is 36.6 Å². The van der Waals surface area contributed by atoms with E-state index in [2.05, 4.69) is 55.6 Å². The molecule has 0 saturated heterocycles. The van der Waals surface area contributed by atoms with Crippen LogP contribution in [0.25, 0.3) is 0 Å². The van der Waals surface area contributed by atoms with E-state index in [4.69, 9.17) is 9.05 Å². The smallest absolute Gasteiger partial charge is 0.393 e. The number of aliphatic hydroxyl groups is 7. The molecule has 0 spiro atoms. The third-order valence-electron chi connectivity index (χ3n) is 11.1. The lowest BCUT2D eigenvalue weighted by Crippen LogP contribution is -2.64. The van der Waals surface area contributed by atoms with Gasteiger partial charge in [-0.25, -0.2) is 4.57 Å². The topological polar surface area (TPSA) is 226 Å². The van der Waals surface area contributed by atoms with Gasteiger partial charge in [0.15, 0.2) is 0 Å². The molecule has 0 aromatic heterocycles. The van der Waals surface area contributed by atoms with Gasteiger partial charge in [-0.3, -0.25) is 13.8 Å². The largest absolute Gasteiger partial charge is 0.472 e. The molecule has 13 nitrogen and oxygen atoms in total. The van der Waals surface area contributed by atoms with E-state index < -0.39 is 75.2 Å². The summed E-state index contributed by atoms with van der Waals surface area (Å²) in [7, 11) is -5.15. The van der Waals surface area contributed by atoms with Crippen molar-refractivity contribution in [2.75, 3.05) is 6.61 Å². The first-order valence-corrected chi connectivity index (χ1v) is 25.2. The minimum atomic E-state index is -5.15. The summed E-state index contributed by atoms with van der Waals surface area (Å²) >= 11 is 0. The predicted molar refractivity (Wildman–Crippen MR) is 243 cm³/mol. The number of hydrogen-bond donors (Lipinski definition) is 9. The zero-order chi connectivity index (χ0) is 45.1. The number of allylic oxidation sites excluding steroid dienone is 7. The minimum absolute atomic E-state index is 0.268. The number of carbonyl (C=O) groups is 1. The highest BCUT2D eigenvalue weighted by Gasteiger charge is 2.51. The molecule has 8 unspecified atom stereocenters. The summed E-state index contributed by atoms with van der Waals surface area (Å²) in [6, 6.07) is -1.27. The van der Waals surface area contributed by atoms with E-state index in [0.717, 1.165) is 51.4 Å². The second kappa shape index (κ2) is 36.6. The zero-order valence-electron chi connectivity index (χ0n) is 37.6. The molecule has 1 amide bonds. The highest BCUT2D eigenvalue weighted by Crippen LogP contribution is 2.47. The maximum Gasteiger partial charge on any atom is 0.472 e. The number of rotatable bonds is 38. The number of unbranched alkanes of at least 4 members (excludes halogenated alkanes) is 19. The third-order valence-corrected chi connectivity index (χ3v) is 12.1. The van der Waals surface area contributed by atoms with Gasteiger partial charge in [0, 0.05) is 0 Å². The number of nitrogens with one attached hydrogen (secondary N) is 1. The number of phosphoric ester groups is 1. The summed E-state index contributed by atoms with van der Waals surface area (Å²) in [5.41, 5.74) is 0. The van der Waals surface area contributed by atoms with Gasteiger partial charge in [-0.05, 0) is 70.6 Å². The Morgan fingerprint density at radius 3 is 1.48 bits per heavy atom. The van der Waals surface area contributed by atoms with Gasteiger partial charge >= 0.3 is 7.82 Å². The van der Waals surface area contributed by atoms with E-state index in [-0.39, 0.29) is 6.42 Å². The summed E-state index contributed by atoms with van der Waals surface area (Å²) in [4.78, 5) is 23.4. The van der Waals surface area contributed by atoms with Crippen LogP contribution in [0.2, 0.25) is 0 Å². The molecule has 1 aliphatic rings. The van der Waals surface area contributed by atoms with E-state index >= 15 is 0 Å². The SMILES string of the molecule is CCCCC/C=C\CCCCCC(O)CC(=O)NC(COP(=O)(O)OC1C(O)C(O)C(O)C(O)C1O)C(O)/C=C/CC/C=C/CC/C=C/CCCCCCCCCCCCC. The lowest BCUT2D eigenvalue weighted by molar-refractivity contribution is -0.220. The van der Waals surface area contributed by atoms with Crippen LogP contribution in [0.1, 0.15) is 181 Å². The molecule has 0 aromatic carbocycles. The highest BCUT2D eigenvalue weighted by molar-refractivity contribution is 7.47. The first-order chi connectivity index (χ1) is 29.3. The van der Waals surface area contributed by atoms with Crippen molar-refractivity contribution in [3.8, 4) is 0 Å². The minimum Gasteiger partial charge on any atom is -0.393 e. The van der Waals surface area contributed by atoms with Gasteiger partial charge in [0.05, 0.1) is 31.3 Å². The van der Waals surface area contributed by atoms with Crippen LogP contribution in [0.4, 0.5) is 0 Å². The van der Waals surface area contributed by atoms with Gasteiger partial charge in [-0.2, -0.15) is 0 Å². The molecule has 1 aliphatic carbocycles. The Hall–Kier alpha value is -1.74. The van der Waals surface area contributed by atoms with Gasteiger partial charge in [0.25, 0.3) is 0 Å². The van der Waals surface area contributed by atoms with Crippen molar-refractivity contribution in [1.82, 2.24) is 5.32 Å². The average molecular weight is 888 g/mol. The number of phosphoric acid groups is 1. The van der Waals surface area contributed by atoms with Crippen molar-refractivity contribution in [2.24, 2.45) is 0 Å². The van der Waals surface area contributed by atoms with Crippen LogP contribution in [0.3, 0.4) is 0 Å². The normalized spacial score (nSPS) is 23.6. The van der Waals surface area contributed by atoms with Gasteiger partial charge in [0.2, 0.25) is 5.91 Å². The lowest BCUT2D eigenvalue weighted by Gasteiger charge is -2.41. The second-order valence-corrected chi connectivity index (χ2v) is 18.2. The molecule has 1 fully saturated rings. The highest BCUT2D eigenvalue weighted by atomic mass is 31.2. The van der Waals surface area contributed by atoms with Crippen molar-refractivity contribution < 1.29 is 59.0 Å². The van der Waals surface area contributed by atoms with Crippen LogP contribution >= 0.6 is 7.82 Å². The van der Waals surface area contributed by atoms with Crippen LogP contribution in [-0.4, -0.2) is 108 Å². The van der Waals surface area contributed by atoms with Crippen molar-refractivity contribution in [3.05, 3.63) is 48.6 Å². The maximum absolute atomic E-state index is 13.0. The third kappa shape index (κ3) is 28.6. The molecule has 9 N–H and O–H groups in total. The Morgan fingerprint density at radius 1 is 0.574 bits per heavy atom. The van der Waals surface area contributed by atoms with Crippen molar-refractivity contribution in [2.45, 2.75) is 236 Å². The van der Waals surface area contributed by atoms with Crippen molar-refractivity contribution >= 4 is 13.7 Å². The molecule has 0 radical (unpaired) electrons. The first kappa shape index (κ1) is 57.3. The number of amides is 1. The quantitative estimate of drug-likeness (QED) is 0.0164. The first-order valence-electron chi connectivity index (χ1n) is 23.7. The van der Waals surface area contributed by atoms with Crippen molar-refractivity contribution in [3.63, 3.8) is 0 Å². The van der Waals surface area contributed by atoms with E-state index in [1.807, 2.05) is 0 Å². The summed E-state index contributed by atoms with van der Waals surface area (Å²) < 4.78 is 22.8. The Morgan fingerprint density at radius 2 is 0.967 bits per heavy atom. The Balaban J connectivity index is 2.57. The van der Waals surface area contributed by atoms with Gasteiger partial charge < -0.3 is 46.0 Å². The number of hydrogen-bond acceptors (Lipinski definition) is 11. The van der Waals surface area contributed by atoms with Gasteiger partial charge in [-0.1, -0.05) is 152 Å². The Labute approximate surface area is 368 Å². The molecular formula is C47H86NO12P. The molecule has 14 heteroatoms. The van der Waals surface area contributed by atoms with Crippen LogP contribution in [0.15, 0.2) is 48.6 Å². The lowest BCUT2D eigenvalue weighted by atomic mass is 9.85. The number of aliphatic hydroxyl groups excluding tert-OH is 7. The Bertz CT molecular complexity index is 1230. The van der Waals surface area contributed by atoms with Crippen molar-refractivity contribution in [1.29, 1.82) is 0 Å².